The monoisotopic (exact) mass is 714 g/mol. The van der Waals surface area contributed by atoms with Crippen LogP contribution in [-0.4, -0.2) is 57.4 Å². The van der Waals surface area contributed by atoms with Crippen LogP contribution >= 0.6 is 0 Å². The molecule has 0 radical (unpaired) electrons. The lowest BCUT2D eigenvalue weighted by atomic mass is 9.83. The van der Waals surface area contributed by atoms with E-state index in [-0.39, 0.29) is 35.3 Å². The van der Waals surface area contributed by atoms with Crippen molar-refractivity contribution in [1.29, 1.82) is 0 Å². The van der Waals surface area contributed by atoms with Gasteiger partial charge >= 0.3 is 11.9 Å². The predicted octanol–water partition coefficient (Wildman–Crippen LogP) is 8.53. The smallest absolute Gasteiger partial charge is 0.337 e. The summed E-state index contributed by atoms with van der Waals surface area (Å²) in [5.41, 5.74) is 4.16. The third kappa shape index (κ3) is 7.87. The number of aliphatic hydroxyl groups excluding tert-OH is 1. The summed E-state index contributed by atoms with van der Waals surface area (Å²) >= 11 is 0. The first kappa shape index (κ1) is 38.1. The van der Waals surface area contributed by atoms with Gasteiger partial charge in [-0.1, -0.05) is 26.0 Å². The molecule has 0 aliphatic heterocycles. The molecule has 6 rings (SSSR count). The molecule has 0 heterocycles. The molecular formula is C42H44F2O8. The molecule has 5 unspecified atom stereocenters. The van der Waals surface area contributed by atoms with Crippen molar-refractivity contribution in [2.75, 3.05) is 28.4 Å². The highest BCUT2D eigenvalue weighted by Crippen LogP contribution is 2.45. The van der Waals surface area contributed by atoms with Gasteiger partial charge < -0.3 is 24.1 Å². The number of ketones is 1. The fraction of sp³-hybridized carbons (Fsp3) is 0.357. The topological polar surface area (TPSA) is 108 Å². The largest absolute Gasteiger partial charge is 0.497 e. The van der Waals surface area contributed by atoms with E-state index in [1.165, 1.54) is 40.6 Å². The third-order valence-corrected chi connectivity index (χ3v) is 10.3. The fourth-order valence-corrected chi connectivity index (χ4v) is 7.49. The summed E-state index contributed by atoms with van der Waals surface area (Å²) in [6.07, 6.45) is 2.33. The second-order valence-electron chi connectivity index (χ2n) is 13.4. The maximum atomic E-state index is 14.6. The van der Waals surface area contributed by atoms with E-state index in [9.17, 15) is 28.3 Å². The van der Waals surface area contributed by atoms with E-state index >= 15 is 0 Å². The molecule has 2 fully saturated rings. The minimum Gasteiger partial charge on any atom is -0.497 e. The SMILES string of the molecule is COC(=O)c1ccc(-c2cc(OC)ccc2F)c(C2C(=O)CCC2C)c1.COC(=O)c1ccc(-c2cc(OC)ccc2F)c(C2C(C)CCC2O)c1. The maximum absolute atomic E-state index is 14.6. The quantitative estimate of drug-likeness (QED) is 0.181. The summed E-state index contributed by atoms with van der Waals surface area (Å²) in [4.78, 5) is 36.4. The summed E-state index contributed by atoms with van der Waals surface area (Å²) in [6.45, 7) is 4.07. The number of carbonyl (C=O) groups excluding carboxylic acids is 3. The summed E-state index contributed by atoms with van der Waals surface area (Å²) < 4.78 is 49.2. The Balaban J connectivity index is 0.000000201. The van der Waals surface area contributed by atoms with Gasteiger partial charge in [0, 0.05) is 29.4 Å². The Hall–Kier alpha value is -5.09. The first-order chi connectivity index (χ1) is 24.9. The van der Waals surface area contributed by atoms with E-state index in [2.05, 4.69) is 6.92 Å². The van der Waals surface area contributed by atoms with Gasteiger partial charge in [0.2, 0.25) is 0 Å². The molecule has 0 aromatic heterocycles. The van der Waals surface area contributed by atoms with Crippen LogP contribution in [0.4, 0.5) is 8.78 Å². The van der Waals surface area contributed by atoms with Gasteiger partial charge in [0.25, 0.3) is 0 Å². The van der Waals surface area contributed by atoms with Crippen molar-refractivity contribution in [2.45, 2.75) is 57.5 Å². The van der Waals surface area contributed by atoms with Crippen molar-refractivity contribution < 1.29 is 47.2 Å². The Morgan fingerprint density at radius 2 is 1.13 bits per heavy atom. The number of Topliss-reactive ketones (excluding diaryl/α,β-unsaturated/α-hetero) is 1. The Bertz CT molecular complexity index is 1950. The average molecular weight is 715 g/mol. The number of hydrogen-bond acceptors (Lipinski definition) is 8. The van der Waals surface area contributed by atoms with Crippen molar-refractivity contribution in [3.8, 4) is 33.8 Å². The summed E-state index contributed by atoms with van der Waals surface area (Å²) in [5, 5.41) is 10.5. The fourth-order valence-electron chi connectivity index (χ4n) is 7.49. The third-order valence-electron chi connectivity index (χ3n) is 10.3. The van der Waals surface area contributed by atoms with Gasteiger partial charge in [-0.2, -0.15) is 0 Å². The van der Waals surface area contributed by atoms with Gasteiger partial charge in [-0.3, -0.25) is 4.79 Å². The first-order valence-corrected chi connectivity index (χ1v) is 17.2. The zero-order valence-corrected chi connectivity index (χ0v) is 30.2. The van der Waals surface area contributed by atoms with Crippen LogP contribution in [0.3, 0.4) is 0 Å². The average Bonchev–Trinajstić information content (AvgIpc) is 3.68. The molecule has 2 saturated carbocycles. The van der Waals surface area contributed by atoms with Crippen LogP contribution in [0.5, 0.6) is 11.5 Å². The zero-order valence-electron chi connectivity index (χ0n) is 30.2. The molecule has 2 aliphatic rings. The maximum Gasteiger partial charge on any atom is 0.337 e. The molecule has 0 spiro atoms. The van der Waals surface area contributed by atoms with E-state index < -0.39 is 23.9 Å². The number of halogens is 2. The van der Waals surface area contributed by atoms with Crippen molar-refractivity contribution in [1.82, 2.24) is 0 Å². The molecule has 0 saturated heterocycles. The van der Waals surface area contributed by atoms with E-state index in [0.717, 1.165) is 18.4 Å². The molecule has 0 bridgehead atoms. The van der Waals surface area contributed by atoms with Crippen molar-refractivity contribution in [2.24, 2.45) is 11.8 Å². The van der Waals surface area contributed by atoms with Crippen LogP contribution in [-0.2, 0) is 14.3 Å². The highest BCUT2D eigenvalue weighted by atomic mass is 19.1. The number of rotatable bonds is 8. The molecule has 4 aromatic carbocycles. The van der Waals surface area contributed by atoms with Gasteiger partial charge in [-0.15, -0.1) is 0 Å². The van der Waals surface area contributed by atoms with Gasteiger partial charge in [0.05, 0.1) is 45.7 Å². The number of ether oxygens (including phenoxy) is 4. The van der Waals surface area contributed by atoms with Crippen LogP contribution < -0.4 is 9.47 Å². The van der Waals surface area contributed by atoms with E-state index in [4.69, 9.17) is 18.9 Å². The van der Waals surface area contributed by atoms with Crippen LogP contribution in [0.25, 0.3) is 22.3 Å². The van der Waals surface area contributed by atoms with Gasteiger partial charge in [0.15, 0.2) is 0 Å². The van der Waals surface area contributed by atoms with Crippen LogP contribution in [0.15, 0.2) is 72.8 Å². The van der Waals surface area contributed by atoms with E-state index in [1.54, 1.807) is 60.7 Å². The first-order valence-electron chi connectivity index (χ1n) is 17.2. The van der Waals surface area contributed by atoms with E-state index in [0.29, 0.717) is 63.3 Å². The Kier molecular flexibility index (Phi) is 12.1. The Morgan fingerprint density at radius 1 is 0.635 bits per heavy atom. The summed E-state index contributed by atoms with van der Waals surface area (Å²) in [6, 6.07) is 19.0. The van der Waals surface area contributed by atoms with Crippen LogP contribution in [0.1, 0.15) is 83.2 Å². The van der Waals surface area contributed by atoms with Crippen molar-refractivity contribution in [3.63, 3.8) is 0 Å². The predicted molar refractivity (Wildman–Crippen MR) is 193 cm³/mol. The number of benzene rings is 4. The van der Waals surface area contributed by atoms with Crippen molar-refractivity contribution >= 4 is 17.7 Å². The molecular weight excluding hydrogens is 670 g/mol. The Labute approximate surface area is 302 Å². The zero-order chi connectivity index (χ0) is 37.7. The lowest BCUT2D eigenvalue weighted by Gasteiger charge is -2.24. The highest BCUT2D eigenvalue weighted by Gasteiger charge is 2.36. The normalized spacial score (nSPS) is 20.9. The van der Waals surface area contributed by atoms with Gasteiger partial charge in [-0.25, -0.2) is 18.4 Å². The lowest BCUT2D eigenvalue weighted by Crippen LogP contribution is -2.17. The molecule has 5 atom stereocenters. The van der Waals surface area contributed by atoms with Gasteiger partial charge in [0.1, 0.15) is 28.9 Å². The standard InChI is InChI=1S/C21H23FO4.C21H21FO4/c2*1-12-4-9-19(23)20(12)17-10-13(21(24)26-3)5-7-15(17)16-11-14(25-2)6-8-18(16)22/h5-8,10-12,19-20,23H,4,9H2,1-3H3;5-8,10-12,20H,4,9H2,1-3H3. The highest BCUT2D eigenvalue weighted by molar-refractivity contribution is 5.94. The minimum atomic E-state index is -0.523. The molecule has 0 amide bonds. The second-order valence-corrected chi connectivity index (χ2v) is 13.4. The van der Waals surface area contributed by atoms with Gasteiger partial charge in [-0.05, 0) is 114 Å². The number of methoxy groups -OCH3 is 4. The minimum absolute atomic E-state index is 0.115. The number of carbonyl (C=O) groups is 3. The van der Waals surface area contributed by atoms with Crippen LogP contribution in [0, 0.1) is 23.5 Å². The molecule has 52 heavy (non-hydrogen) atoms. The number of aliphatic hydroxyl groups is 1. The number of esters is 2. The molecule has 1 N–H and O–H groups in total. The van der Waals surface area contributed by atoms with Crippen LogP contribution in [0.2, 0.25) is 0 Å². The summed E-state index contributed by atoms with van der Waals surface area (Å²) in [7, 11) is 5.67. The molecule has 8 nitrogen and oxygen atoms in total. The van der Waals surface area contributed by atoms with E-state index in [1.807, 2.05) is 6.92 Å². The molecule has 274 valence electrons. The molecule has 10 heteroatoms. The Morgan fingerprint density at radius 3 is 1.56 bits per heavy atom. The van der Waals surface area contributed by atoms with Crippen molar-refractivity contribution in [3.05, 3.63) is 107 Å². The summed E-state index contributed by atoms with van der Waals surface area (Å²) in [5.74, 6) is -0.711. The number of hydrogen-bond donors (Lipinski definition) is 1. The molecule has 2 aliphatic carbocycles. The lowest BCUT2D eigenvalue weighted by molar-refractivity contribution is -0.118. The second kappa shape index (κ2) is 16.5. The molecule has 4 aromatic rings.